The first-order valence-corrected chi connectivity index (χ1v) is 9.83. The molecule has 2 unspecified atom stereocenters. The van der Waals surface area contributed by atoms with Gasteiger partial charge in [0.1, 0.15) is 0 Å². The second-order valence-corrected chi connectivity index (χ2v) is 8.49. The molecule has 2 atom stereocenters. The van der Waals surface area contributed by atoms with E-state index in [2.05, 4.69) is 50.5 Å². The van der Waals surface area contributed by atoms with Crippen LogP contribution in [0.2, 0.25) is 0 Å². The van der Waals surface area contributed by atoms with Gasteiger partial charge >= 0.3 is 0 Å². The molecule has 0 radical (unpaired) electrons. The van der Waals surface area contributed by atoms with Crippen molar-refractivity contribution in [3.63, 3.8) is 0 Å². The maximum Gasteiger partial charge on any atom is 0.0535 e. The zero-order valence-electron chi connectivity index (χ0n) is 14.9. The van der Waals surface area contributed by atoms with E-state index in [1.165, 1.54) is 60.2 Å². The third-order valence-electron chi connectivity index (χ3n) is 6.75. The van der Waals surface area contributed by atoms with Crippen LogP contribution in [0.5, 0.6) is 0 Å². The molecule has 1 aromatic carbocycles. The number of hydrogen-bond donors (Lipinski definition) is 2. The number of H-pyrrole nitrogens is 1. The quantitative estimate of drug-likeness (QED) is 0.755. The van der Waals surface area contributed by atoms with E-state index in [-0.39, 0.29) is 0 Å². The van der Waals surface area contributed by atoms with Crippen LogP contribution in [0.1, 0.15) is 12.8 Å². The van der Waals surface area contributed by atoms with Gasteiger partial charge in [0, 0.05) is 55.3 Å². The van der Waals surface area contributed by atoms with Crippen LogP contribution in [0.3, 0.4) is 0 Å². The smallest absolute Gasteiger partial charge is 0.0535 e. The van der Waals surface area contributed by atoms with Crippen molar-refractivity contribution < 1.29 is 0 Å². The lowest BCUT2D eigenvalue weighted by Gasteiger charge is -2.56. The Morgan fingerprint density at radius 2 is 1.85 bits per heavy atom. The molecule has 4 heteroatoms. The molecular formula is C22H24N4. The average molecular weight is 344 g/mol. The Kier molecular flexibility index (Phi) is 3.18. The van der Waals surface area contributed by atoms with E-state index in [4.69, 9.17) is 0 Å². The first-order chi connectivity index (χ1) is 12.8. The number of nitrogens with zero attached hydrogens (tertiary/aromatic N) is 2. The number of anilines is 1. The molecule has 1 aliphatic carbocycles. The predicted octanol–water partition coefficient (Wildman–Crippen LogP) is 3.98. The van der Waals surface area contributed by atoms with Gasteiger partial charge in [0.15, 0.2) is 0 Å². The molecule has 3 aliphatic heterocycles. The second kappa shape index (κ2) is 5.58. The topological polar surface area (TPSA) is 44.0 Å². The van der Waals surface area contributed by atoms with Crippen molar-refractivity contribution in [1.29, 1.82) is 0 Å². The van der Waals surface area contributed by atoms with Crippen molar-refractivity contribution in [3.05, 3.63) is 48.9 Å². The summed E-state index contributed by atoms with van der Waals surface area (Å²) in [4.78, 5) is 10.5. The second-order valence-electron chi connectivity index (χ2n) is 8.49. The van der Waals surface area contributed by atoms with E-state index in [0.29, 0.717) is 6.04 Å². The summed E-state index contributed by atoms with van der Waals surface area (Å²) in [6.07, 6.45) is 8.76. The summed E-state index contributed by atoms with van der Waals surface area (Å²) < 4.78 is 0. The summed E-state index contributed by atoms with van der Waals surface area (Å²) in [7, 11) is 0. The molecule has 3 aromatic rings. The zero-order chi connectivity index (χ0) is 17.1. The largest absolute Gasteiger partial charge is 0.380 e. The van der Waals surface area contributed by atoms with Crippen molar-refractivity contribution in [2.75, 3.05) is 25.0 Å². The summed E-state index contributed by atoms with van der Waals surface area (Å²) in [6.45, 7) is 3.90. The van der Waals surface area contributed by atoms with Crippen LogP contribution in [0.25, 0.3) is 22.0 Å². The number of benzene rings is 1. The summed E-state index contributed by atoms with van der Waals surface area (Å²) in [5.74, 6) is 2.56. The highest BCUT2D eigenvalue weighted by molar-refractivity contribution is 5.85. The van der Waals surface area contributed by atoms with E-state index in [9.17, 15) is 0 Å². The Morgan fingerprint density at radius 3 is 2.69 bits per heavy atom. The number of rotatable bonds is 3. The third kappa shape index (κ3) is 2.36. The van der Waals surface area contributed by atoms with Gasteiger partial charge in [0.2, 0.25) is 0 Å². The van der Waals surface area contributed by atoms with Gasteiger partial charge in [-0.15, -0.1) is 0 Å². The molecule has 3 saturated heterocycles. The number of hydrogen-bond acceptors (Lipinski definition) is 3. The molecule has 4 aliphatic rings. The fourth-order valence-electron chi connectivity index (χ4n) is 5.74. The SMILES string of the molecule is c1cc2ccc(-c3cncc(NC4C5CC6CC4CN(C6)C5)c3)cc2[nH]1. The summed E-state index contributed by atoms with van der Waals surface area (Å²) >= 11 is 0. The van der Waals surface area contributed by atoms with Gasteiger partial charge in [-0.25, -0.2) is 0 Å². The molecule has 4 fully saturated rings. The minimum atomic E-state index is 0.616. The molecule has 0 amide bonds. The van der Waals surface area contributed by atoms with Gasteiger partial charge in [0.25, 0.3) is 0 Å². The number of aromatic amines is 1. The number of fused-ring (bicyclic) bond motifs is 1. The van der Waals surface area contributed by atoms with E-state index in [1.807, 2.05) is 18.6 Å². The lowest BCUT2D eigenvalue weighted by molar-refractivity contribution is -0.0269. The Morgan fingerprint density at radius 1 is 0.962 bits per heavy atom. The van der Waals surface area contributed by atoms with Crippen molar-refractivity contribution >= 4 is 16.6 Å². The van der Waals surface area contributed by atoms with Crippen molar-refractivity contribution in [2.24, 2.45) is 17.8 Å². The standard InChI is InChI=1S/C22H24N4/c1-2-16(8-21-15(1)3-4-24-21)17-7-20(10-23-9-17)25-22-18-5-14-6-19(22)13-26(11-14)12-18/h1-4,7-10,14,18-19,22,24-25H,5-6,11-13H2. The molecule has 1 saturated carbocycles. The molecule has 5 heterocycles. The minimum absolute atomic E-state index is 0.616. The van der Waals surface area contributed by atoms with Gasteiger partial charge < -0.3 is 15.2 Å². The summed E-state index contributed by atoms with van der Waals surface area (Å²) in [5, 5.41) is 5.12. The van der Waals surface area contributed by atoms with E-state index in [0.717, 1.165) is 17.8 Å². The number of pyridine rings is 1. The van der Waals surface area contributed by atoms with E-state index < -0.39 is 0 Å². The van der Waals surface area contributed by atoms with Gasteiger partial charge in [-0.3, -0.25) is 4.98 Å². The highest BCUT2D eigenvalue weighted by Crippen LogP contribution is 2.44. The number of nitrogens with one attached hydrogen (secondary N) is 2. The Labute approximate surface area is 153 Å². The number of aromatic nitrogens is 2. The van der Waals surface area contributed by atoms with Crippen molar-refractivity contribution in [3.8, 4) is 11.1 Å². The van der Waals surface area contributed by atoms with Gasteiger partial charge in [-0.2, -0.15) is 0 Å². The van der Waals surface area contributed by atoms with Gasteiger partial charge in [-0.05, 0) is 59.7 Å². The third-order valence-corrected chi connectivity index (χ3v) is 6.75. The molecule has 132 valence electrons. The molecule has 2 aromatic heterocycles. The monoisotopic (exact) mass is 344 g/mol. The Hall–Kier alpha value is -2.33. The van der Waals surface area contributed by atoms with Crippen LogP contribution in [-0.2, 0) is 0 Å². The molecule has 4 bridgehead atoms. The van der Waals surface area contributed by atoms with Crippen LogP contribution in [0, 0.1) is 17.8 Å². The molecule has 2 N–H and O–H groups in total. The molecular weight excluding hydrogens is 320 g/mol. The summed E-state index contributed by atoms with van der Waals surface area (Å²) in [5.41, 5.74) is 4.74. The molecule has 26 heavy (non-hydrogen) atoms. The molecule has 4 nitrogen and oxygen atoms in total. The zero-order valence-corrected chi connectivity index (χ0v) is 14.9. The minimum Gasteiger partial charge on any atom is -0.380 e. The maximum atomic E-state index is 4.53. The van der Waals surface area contributed by atoms with Crippen LogP contribution in [0.4, 0.5) is 5.69 Å². The summed E-state index contributed by atoms with van der Waals surface area (Å²) in [6, 6.07) is 11.6. The Bertz CT molecular complexity index is 931. The first-order valence-electron chi connectivity index (χ1n) is 9.83. The number of piperidine rings is 3. The van der Waals surface area contributed by atoms with Crippen LogP contribution < -0.4 is 5.32 Å². The molecule has 7 rings (SSSR count). The predicted molar refractivity (Wildman–Crippen MR) is 105 cm³/mol. The fraction of sp³-hybridized carbons (Fsp3) is 0.409. The van der Waals surface area contributed by atoms with Gasteiger partial charge in [-0.1, -0.05) is 12.1 Å². The van der Waals surface area contributed by atoms with Crippen LogP contribution in [0.15, 0.2) is 48.9 Å². The first kappa shape index (κ1) is 14.8. The van der Waals surface area contributed by atoms with Crippen molar-refractivity contribution in [1.82, 2.24) is 14.9 Å². The van der Waals surface area contributed by atoms with Crippen LogP contribution in [-0.4, -0.2) is 40.5 Å². The lowest BCUT2D eigenvalue weighted by atomic mass is 9.65. The average Bonchev–Trinajstić information content (AvgIpc) is 3.12. The Balaban J connectivity index is 1.28. The van der Waals surface area contributed by atoms with E-state index >= 15 is 0 Å². The van der Waals surface area contributed by atoms with Crippen LogP contribution >= 0.6 is 0 Å². The van der Waals surface area contributed by atoms with Crippen molar-refractivity contribution in [2.45, 2.75) is 18.9 Å². The molecule has 0 spiro atoms. The fourth-order valence-corrected chi connectivity index (χ4v) is 5.74. The van der Waals surface area contributed by atoms with Gasteiger partial charge in [0.05, 0.1) is 5.69 Å². The highest BCUT2D eigenvalue weighted by atomic mass is 15.2. The lowest BCUT2D eigenvalue weighted by Crippen LogP contribution is -2.62. The highest BCUT2D eigenvalue weighted by Gasteiger charge is 2.47. The normalized spacial score (nSPS) is 32.2. The van der Waals surface area contributed by atoms with E-state index in [1.54, 1.807) is 0 Å². The maximum absolute atomic E-state index is 4.53.